The summed E-state index contributed by atoms with van der Waals surface area (Å²) in [5.41, 5.74) is 0. The third-order valence-corrected chi connectivity index (χ3v) is 0. The summed E-state index contributed by atoms with van der Waals surface area (Å²) >= 11 is 0. The molecule has 0 heterocycles. The van der Waals surface area contributed by atoms with E-state index in [0.717, 1.165) is 0 Å². The Morgan fingerprint density at radius 3 is 0.600 bits per heavy atom. The van der Waals surface area contributed by atoms with Crippen LogP contribution in [-0.2, 0) is 0 Å². The van der Waals surface area contributed by atoms with Crippen LogP contribution in [0.5, 0.6) is 0 Å². The fourth-order valence-electron chi connectivity index (χ4n) is 0. The van der Waals surface area contributed by atoms with Crippen LogP contribution >= 0.6 is 0 Å². The van der Waals surface area contributed by atoms with Crippen LogP contribution in [0.4, 0.5) is 0 Å². The zero-order valence-corrected chi connectivity index (χ0v) is 10.0. The largest absolute Gasteiger partial charge is 1.00 e. The minimum Gasteiger partial charge on any atom is -1.00 e. The fourth-order valence-corrected chi connectivity index (χ4v) is 0. The molecule has 0 saturated carbocycles. The maximum Gasteiger partial charge on any atom is 1.00 e. The van der Waals surface area contributed by atoms with E-state index in [2.05, 4.69) is 0 Å². The molecule has 0 rings (SSSR count). The number of rotatable bonds is 0. The topological polar surface area (TPSA) is 63.0 Å². The van der Waals surface area contributed by atoms with E-state index in [9.17, 15) is 0 Å². The van der Waals surface area contributed by atoms with Crippen molar-refractivity contribution in [3.8, 4) is 0 Å². The van der Waals surface area contributed by atoms with Crippen molar-refractivity contribution in [1.29, 1.82) is 0 Å². The van der Waals surface area contributed by atoms with E-state index in [1.165, 1.54) is 0 Å². The Kier molecular flexibility index (Phi) is 253. The molecule has 0 aromatic heterocycles. The van der Waals surface area contributed by atoms with Crippen LogP contribution in [0, 0.1) is 0 Å². The van der Waals surface area contributed by atoms with Gasteiger partial charge in [0.2, 0.25) is 0 Å². The molecule has 0 aromatic rings. The average Bonchev–Trinajstić information content (AvgIpc) is 0. The molecule has 0 spiro atoms. The van der Waals surface area contributed by atoms with Crippen molar-refractivity contribution in [2.45, 2.75) is 0 Å². The van der Waals surface area contributed by atoms with Crippen molar-refractivity contribution in [3.63, 3.8) is 0 Å². The number of hydrogen-bond acceptors (Lipinski definition) is 0. The van der Waals surface area contributed by atoms with Crippen LogP contribution < -0.4 is 88.7 Å². The first-order valence-corrected chi connectivity index (χ1v) is 0. The summed E-state index contributed by atoms with van der Waals surface area (Å²) in [6, 6.07) is 0. The van der Waals surface area contributed by atoms with Gasteiger partial charge in [-0.05, 0) is 0 Å². The van der Waals surface area contributed by atoms with E-state index >= 15 is 0 Å². The maximum absolute atomic E-state index is 0. The van der Waals surface area contributed by atoms with Crippen molar-refractivity contribution >= 4 is 0 Å². The molecule has 0 aromatic carbocycles. The molecular weight excluding hydrogens is 101 g/mol. The predicted molar refractivity (Wildman–Crippen MR) is 10.6 cm³/mol. The van der Waals surface area contributed by atoms with Crippen LogP contribution in [-0.4, -0.2) is 11.0 Å². The molecule has 0 saturated heterocycles. The fraction of sp³-hybridized carbons (Fsp3) is 0. The van der Waals surface area contributed by atoms with Crippen LogP contribution in [0.25, 0.3) is 0 Å². The molecule has 0 amide bonds. The van der Waals surface area contributed by atoms with Crippen LogP contribution in [0.1, 0.15) is 4.28 Å². The first-order chi connectivity index (χ1) is 0. The molecule has 2 nitrogen and oxygen atoms in total. The van der Waals surface area contributed by atoms with Gasteiger partial charge in [0.15, 0.2) is 0 Å². The van der Waals surface area contributed by atoms with Gasteiger partial charge in [0.05, 0.1) is 0 Å². The van der Waals surface area contributed by atoms with Crippen molar-refractivity contribution in [2.24, 2.45) is 0 Å². The zero-order valence-electron chi connectivity index (χ0n) is 7.00. The summed E-state index contributed by atoms with van der Waals surface area (Å²) in [7, 11) is 0. The van der Waals surface area contributed by atoms with Crippen LogP contribution in [0.2, 0.25) is 0 Å². The van der Waals surface area contributed by atoms with Gasteiger partial charge in [0.25, 0.3) is 0 Å². The molecule has 0 aliphatic rings. The van der Waals surface area contributed by atoms with Crippen molar-refractivity contribution in [1.82, 2.24) is 0 Å². The normalized spacial score (nSPS) is 0. The molecular formula is H7Na3O2. The van der Waals surface area contributed by atoms with E-state index in [-0.39, 0.29) is 104 Å². The molecule has 0 aliphatic carbocycles. The van der Waals surface area contributed by atoms with Gasteiger partial charge in [0.1, 0.15) is 0 Å². The van der Waals surface area contributed by atoms with Gasteiger partial charge in [-0.3, -0.25) is 0 Å². The van der Waals surface area contributed by atoms with Gasteiger partial charge in [-0.1, -0.05) is 0 Å². The molecule has 5 heteroatoms. The SMILES string of the molecule is O.O.[H-].[H-].[H-].[Na+].[Na+].[Na+]. The Balaban J connectivity index is 0. The van der Waals surface area contributed by atoms with E-state index in [4.69, 9.17) is 0 Å². The summed E-state index contributed by atoms with van der Waals surface area (Å²) in [5, 5.41) is 0. The van der Waals surface area contributed by atoms with Gasteiger partial charge in [-0.25, -0.2) is 0 Å². The Hall–Kier alpha value is 2.92. The third kappa shape index (κ3) is 19.6. The minimum atomic E-state index is 0. The third-order valence-electron chi connectivity index (χ3n) is 0. The molecule has 5 heavy (non-hydrogen) atoms. The Bertz CT molecular complexity index is 12.5. The van der Waals surface area contributed by atoms with Gasteiger partial charge in [-0.2, -0.15) is 0 Å². The second-order valence-electron chi connectivity index (χ2n) is 0. The van der Waals surface area contributed by atoms with Crippen molar-refractivity contribution in [2.75, 3.05) is 0 Å². The van der Waals surface area contributed by atoms with E-state index in [1.807, 2.05) is 0 Å². The van der Waals surface area contributed by atoms with Crippen LogP contribution in [0.15, 0.2) is 0 Å². The smallest absolute Gasteiger partial charge is 1.00 e. The van der Waals surface area contributed by atoms with Gasteiger partial charge in [0, 0.05) is 0 Å². The van der Waals surface area contributed by atoms with E-state index in [1.54, 1.807) is 0 Å². The molecule has 0 atom stereocenters. The quantitative estimate of drug-likeness (QED) is 0.277. The molecule has 0 radical (unpaired) electrons. The molecule has 4 N–H and O–H groups in total. The molecule has 22 valence electrons. The van der Waals surface area contributed by atoms with Crippen LogP contribution in [0.3, 0.4) is 0 Å². The summed E-state index contributed by atoms with van der Waals surface area (Å²) in [4.78, 5) is 0. The van der Waals surface area contributed by atoms with Crippen molar-refractivity contribution < 1.29 is 104 Å². The van der Waals surface area contributed by atoms with E-state index in [0.29, 0.717) is 0 Å². The molecule has 0 bridgehead atoms. The molecule has 0 aliphatic heterocycles. The Morgan fingerprint density at radius 1 is 0.600 bits per heavy atom. The van der Waals surface area contributed by atoms with Gasteiger partial charge < -0.3 is 15.2 Å². The molecule has 0 unspecified atom stereocenters. The van der Waals surface area contributed by atoms with Gasteiger partial charge >= 0.3 is 88.7 Å². The van der Waals surface area contributed by atoms with E-state index < -0.39 is 0 Å². The standard InChI is InChI=1S/3Na.2H2O.3H/h;;;2*1H2;;;/q3*+1;;;3*-1. The Morgan fingerprint density at radius 2 is 0.600 bits per heavy atom. The Labute approximate surface area is 102 Å². The van der Waals surface area contributed by atoms with Crippen molar-refractivity contribution in [3.05, 3.63) is 0 Å². The zero-order chi connectivity index (χ0) is 0. The second kappa shape index (κ2) is 28.4. The molecule has 0 fully saturated rings. The monoisotopic (exact) mass is 108 g/mol. The van der Waals surface area contributed by atoms with Gasteiger partial charge in [-0.15, -0.1) is 0 Å². The minimum absolute atomic E-state index is 0. The summed E-state index contributed by atoms with van der Waals surface area (Å²) in [6.45, 7) is 0. The first-order valence-electron chi connectivity index (χ1n) is 0. The first kappa shape index (κ1) is 44.5. The predicted octanol–water partition coefficient (Wildman–Crippen LogP) is -10.3. The summed E-state index contributed by atoms with van der Waals surface area (Å²) < 4.78 is 0. The number of hydrogen-bond donors (Lipinski definition) is 0. The summed E-state index contributed by atoms with van der Waals surface area (Å²) in [6.07, 6.45) is 0. The second-order valence-corrected chi connectivity index (χ2v) is 0. The maximum atomic E-state index is 0. The average molecular weight is 108 g/mol. The summed E-state index contributed by atoms with van der Waals surface area (Å²) in [5.74, 6) is 0.